The van der Waals surface area contributed by atoms with E-state index < -0.39 is 29.2 Å². The van der Waals surface area contributed by atoms with Crippen molar-refractivity contribution in [2.75, 3.05) is 17.2 Å². The van der Waals surface area contributed by atoms with Crippen molar-refractivity contribution in [3.05, 3.63) is 39.5 Å². The van der Waals surface area contributed by atoms with Gasteiger partial charge in [-0.25, -0.2) is 9.78 Å². The lowest BCUT2D eigenvalue weighted by atomic mass is 10.0. The molecule has 0 spiro atoms. The van der Waals surface area contributed by atoms with Crippen LogP contribution in [0.2, 0.25) is 0 Å². The van der Waals surface area contributed by atoms with Gasteiger partial charge < -0.3 is 16.2 Å². The number of aromatic nitrogens is 6. The number of tetrazole rings is 1. The molecule has 0 aromatic carbocycles. The Bertz CT molecular complexity index is 1470. The lowest BCUT2D eigenvalue weighted by Gasteiger charge is -2.49. The van der Waals surface area contributed by atoms with Gasteiger partial charge in [0.25, 0.3) is 11.8 Å². The lowest BCUT2D eigenvalue weighted by Crippen LogP contribution is -2.70. The van der Waals surface area contributed by atoms with E-state index in [1.807, 2.05) is 13.0 Å². The number of β-lactam (4-membered cyclic amide) rings is 1. The van der Waals surface area contributed by atoms with E-state index in [1.165, 1.54) is 33.1 Å². The Morgan fingerprint density at radius 2 is 2.25 bits per heavy atom. The zero-order chi connectivity index (χ0) is 25.6. The number of nitrogens with two attached hydrogens (primary N) is 1. The van der Waals surface area contributed by atoms with Crippen LogP contribution in [0.5, 0.6) is 0 Å². The molecule has 2 aliphatic heterocycles. The molecule has 3 aromatic heterocycles. The van der Waals surface area contributed by atoms with E-state index in [0.29, 0.717) is 33.4 Å². The number of carbonyl (C=O) groups is 3. The first-order chi connectivity index (χ1) is 17.3. The number of anilines is 1. The quantitative estimate of drug-likeness (QED) is 0.210. The van der Waals surface area contributed by atoms with Crippen molar-refractivity contribution in [3.63, 3.8) is 0 Å². The third kappa shape index (κ3) is 4.29. The molecule has 1 unspecified atom stereocenters. The van der Waals surface area contributed by atoms with Gasteiger partial charge in [-0.2, -0.15) is 0 Å². The van der Waals surface area contributed by atoms with Crippen molar-refractivity contribution >= 4 is 80.6 Å². The van der Waals surface area contributed by atoms with Gasteiger partial charge >= 0.3 is 5.97 Å². The largest absolute Gasteiger partial charge is 0.477 e. The van der Waals surface area contributed by atoms with Crippen LogP contribution in [0, 0.1) is 6.92 Å². The summed E-state index contributed by atoms with van der Waals surface area (Å²) in [6, 6.07) is 0.911. The molecule has 3 aromatic rings. The minimum absolute atomic E-state index is 0.0603. The summed E-state index contributed by atoms with van der Waals surface area (Å²) in [6.07, 6.45) is 0. The summed E-state index contributed by atoms with van der Waals surface area (Å²) in [5, 5.41) is 30.0. The van der Waals surface area contributed by atoms with Crippen LogP contribution in [0.3, 0.4) is 0 Å². The van der Waals surface area contributed by atoms with E-state index in [2.05, 4.69) is 30.9 Å². The SMILES string of the molecule is Cc1cc(SCC2=C(C(=O)O)N3C(=O)C(NC(=O)C(=CCl)c4csc(N)n4)[C@@H]3SC2)nn2nnnc12. The van der Waals surface area contributed by atoms with Crippen molar-refractivity contribution in [2.24, 2.45) is 0 Å². The predicted octanol–water partition coefficient (Wildman–Crippen LogP) is 0.977. The molecular formula is C19H16ClN9O4S3. The number of fused-ring (bicyclic) bond motifs is 2. The van der Waals surface area contributed by atoms with E-state index in [4.69, 9.17) is 17.3 Å². The van der Waals surface area contributed by atoms with Crippen LogP contribution in [-0.2, 0) is 14.4 Å². The average Bonchev–Trinajstić information content (AvgIpc) is 3.50. The van der Waals surface area contributed by atoms with Crippen LogP contribution < -0.4 is 11.1 Å². The zero-order valence-electron chi connectivity index (χ0n) is 18.3. The fraction of sp³-hybridized carbons (Fsp3) is 0.263. The number of carboxylic acids is 1. The average molecular weight is 566 g/mol. The molecule has 0 radical (unpaired) electrons. The van der Waals surface area contributed by atoms with Crippen LogP contribution in [0.4, 0.5) is 5.13 Å². The zero-order valence-corrected chi connectivity index (χ0v) is 21.5. The molecule has 0 saturated carbocycles. The first-order valence-electron chi connectivity index (χ1n) is 10.2. The number of nitrogens with one attached hydrogen (secondary N) is 1. The van der Waals surface area contributed by atoms with Crippen molar-refractivity contribution in [1.82, 2.24) is 40.5 Å². The first kappa shape index (κ1) is 24.5. The van der Waals surface area contributed by atoms with E-state index in [-0.39, 0.29) is 16.4 Å². The van der Waals surface area contributed by atoms with Gasteiger partial charge in [0, 0.05) is 28.0 Å². The second-order valence-electron chi connectivity index (χ2n) is 7.66. The smallest absolute Gasteiger partial charge is 0.352 e. The Labute approximate surface area is 220 Å². The Balaban J connectivity index is 1.31. The topological polar surface area (TPSA) is 182 Å². The van der Waals surface area contributed by atoms with Crippen molar-refractivity contribution < 1.29 is 19.5 Å². The number of amides is 2. The third-order valence-corrected chi connectivity index (χ3v) is 8.64. The summed E-state index contributed by atoms with van der Waals surface area (Å²) >= 11 is 9.66. The van der Waals surface area contributed by atoms with Gasteiger partial charge in [-0.3, -0.25) is 14.5 Å². The molecule has 0 aliphatic carbocycles. The number of nitrogen functional groups attached to an aromatic ring is 1. The maximum Gasteiger partial charge on any atom is 0.352 e. The molecule has 2 atom stereocenters. The van der Waals surface area contributed by atoms with E-state index in [9.17, 15) is 19.5 Å². The highest BCUT2D eigenvalue weighted by atomic mass is 35.5. The second-order valence-corrected chi connectivity index (χ2v) is 10.9. The minimum atomic E-state index is -1.21. The summed E-state index contributed by atoms with van der Waals surface area (Å²) in [4.78, 5) is 43.1. The van der Waals surface area contributed by atoms with Gasteiger partial charge in [0.2, 0.25) is 5.65 Å². The Morgan fingerprint density at radius 3 is 2.94 bits per heavy atom. The van der Waals surface area contributed by atoms with Crippen LogP contribution in [-0.4, -0.2) is 80.9 Å². The fourth-order valence-corrected chi connectivity index (χ4v) is 6.94. The maximum atomic E-state index is 12.9. The highest BCUT2D eigenvalue weighted by Gasteiger charge is 2.54. The molecule has 1 saturated heterocycles. The third-order valence-electron chi connectivity index (χ3n) is 5.42. The molecule has 36 heavy (non-hydrogen) atoms. The van der Waals surface area contributed by atoms with Crippen molar-refractivity contribution in [3.8, 4) is 0 Å². The Morgan fingerprint density at radius 1 is 1.44 bits per heavy atom. The minimum Gasteiger partial charge on any atom is -0.477 e. The molecule has 17 heteroatoms. The summed E-state index contributed by atoms with van der Waals surface area (Å²) < 4.78 is 1.31. The fourth-order valence-electron chi connectivity index (χ4n) is 3.74. The number of halogens is 1. The Kier molecular flexibility index (Phi) is 6.59. The van der Waals surface area contributed by atoms with Gasteiger partial charge in [0.15, 0.2) is 5.13 Å². The summed E-state index contributed by atoms with van der Waals surface area (Å²) in [7, 11) is 0. The second kappa shape index (κ2) is 9.68. The van der Waals surface area contributed by atoms with Crippen LogP contribution in [0.1, 0.15) is 11.3 Å². The van der Waals surface area contributed by atoms with E-state index in [1.54, 1.807) is 5.38 Å². The van der Waals surface area contributed by atoms with E-state index >= 15 is 0 Å². The Hall–Kier alpha value is -3.21. The van der Waals surface area contributed by atoms with Gasteiger partial charge in [-0.15, -0.1) is 49.7 Å². The molecule has 5 rings (SSSR count). The lowest BCUT2D eigenvalue weighted by molar-refractivity contribution is -0.150. The number of thioether (sulfide) groups is 2. The van der Waals surface area contributed by atoms with Crippen LogP contribution in [0.15, 0.2) is 33.3 Å². The molecule has 13 nitrogen and oxygen atoms in total. The van der Waals surface area contributed by atoms with Gasteiger partial charge in [0.05, 0.1) is 11.3 Å². The number of hydrogen-bond acceptors (Lipinski definition) is 12. The number of aliphatic carboxylic acids is 1. The standard InChI is InChI=1S/C19H16ClN9O4S3/c1-7-2-11(25-29-14(7)24-26-27-29)34-4-8-5-35-17-12(16(31)28(17)13(8)18(32)33)23-15(30)9(3-20)10-6-36-19(21)22-10/h2-3,6,12,17H,4-5H2,1H3,(H2,21,22)(H,23,30)(H,32,33)/t12?,17-/m0/s1. The number of carbonyl (C=O) groups excluding carboxylic acids is 2. The molecule has 5 heterocycles. The van der Waals surface area contributed by atoms with Crippen LogP contribution in [0.25, 0.3) is 11.2 Å². The molecule has 0 bridgehead atoms. The molecule has 2 amide bonds. The molecule has 4 N–H and O–H groups in total. The van der Waals surface area contributed by atoms with Crippen molar-refractivity contribution in [1.29, 1.82) is 0 Å². The molecular weight excluding hydrogens is 550 g/mol. The summed E-state index contributed by atoms with van der Waals surface area (Å²) in [5.74, 6) is -1.67. The number of rotatable bonds is 7. The predicted molar refractivity (Wildman–Crippen MR) is 134 cm³/mol. The van der Waals surface area contributed by atoms with Gasteiger partial charge in [-0.05, 0) is 29.0 Å². The van der Waals surface area contributed by atoms with Crippen molar-refractivity contribution in [2.45, 2.75) is 23.4 Å². The molecule has 2 aliphatic rings. The maximum absolute atomic E-state index is 12.9. The van der Waals surface area contributed by atoms with Crippen LogP contribution >= 0.6 is 46.5 Å². The molecule has 1 fully saturated rings. The molecule has 186 valence electrons. The number of thiazole rings is 1. The number of nitrogens with zero attached hydrogens (tertiary/aromatic N) is 7. The normalized spacial score (nSPS) is 19.9. The summed E-state index contributed by atoms with van der Waals surface area (Å²) in [5.41, 5.74) is 8.90. The highest BCUT2D eigenvalue weighted by Crippen LogP contribution is 2.41. The van der Waals surface area contributed by atoms with E-state index in [0.717, 1.165) is 22.4 Å². The highest BCUT2D eigenvalue weighted by molar-refractivity contribution is 8.01. The first-order valence-corrected chi connectivity index (χ1v) is 13.5. The number of carboxylic acid groups (broad SMARTS) is 1. The number of hydrogen-bond donors (Lipinski definition) is 3. The van der Waals surface area contributed by atoms with Gasteiger partial charge in [-0.1, -0.05) is 11.6 Å². The van der Waals surface area contributed by atoms with Gasteiger partial charge in [0.1, 0.15) is 22.1 Å². The number of aryl methyl sites for hydroxylation is 1. The summed E-state index contributed by atoms with van der Waals surface area (Å²) in [6.45, 7) is 1.85. The monoisotopic (exact) mass is 565 g/mol.